The van der Waals surface area contributed by atoms with Gasteiger partial charge in [-0.15, -0.1) is 0 Å². The molecule has 1 heterocycles. The van der Waals surface area contributed by atoms with Crippen molar-refractivity contribution >= 4 is 11.6 Å². The summed E-state index contributed by atoms with van der Waals surface area (Å²) in [6.45, 7) is 11.5. The Morgan fingerprint density at radius 2 is 1.62 bits per heavy atom. The SMILES string of the molecule is CCC(CC)c1cc[n+](CCCC(=O)Nc2c(C)cc(C)cc2C)cc1. The number of benzene rings is 1. The van der Waals surface area contributed by atoms with Gasteiger partial charge in [0.2, 0.25) is 5.91 Å². The Balaban J connectivity index is 1.85. The molecule has 1 amide bonds. The zero-order valence-corrected chi connectivity index (χ0v) is 16.9. The quantitative estimate of drug-likeness (QED) is 0.648. The van der Waals surface area contributed by atoms with Crippen LogP contribution in [0.4, 0.5) is 5.69 Å². The first-order valence-electron chi connectivity index (χ1n) is 9.81. The molecule has 2 aromatic rings. The first-order valence-corrected chi connectivity index (χ1v) is 9.81. The van der Waals surface area contributed by atoms with Crippen molar-refractivity contribution in [1.82, 2.24) is 0 Å². The van der Waals surface area contributed by atoms with Crippen LogP contribution in [-0.2, 0) is 11.3 Å². The summed E-state index contributed by atoms with van der Waals surface area (Å²) in [6, 6.07) is 8.66. The molecular formula is C23H33N2O+. The summed E-state index contributed by atoms with van der Waals surface area (Å²) < 4.78 is 2.17. The Kier molecular flexibility index (Phi) is 7.38. The predicted octanol–water partition coefficient (Wildman–Crippen LogP) is 5.22. The van der Waals surface area contributed by atoms with Crippen molar-refractivity contribution in [2.45, 2.75) is 72.8 Å². The van der Waals surface area contributed by atoms with E-state index >= 15 is 0 Å². The standard InChI is InChI=1S/C23H32N2O/c1-6-20(7-2)21-10-13-25(14-11-21)12-8-9-22(26)24-23-18(4)15-17(3)16-19(23)5/h10-11,13-16,20H,6-9,12H2,1-5H3/p+1. The molecule has 1 aromatic carbocycles. The smallest absolute Gasteiger partial charge is 0.224 e. The Bertz CT molecular complexity index is 707. The number of carbonyl (C=O) groups excluding carboxylic acids is 1. The molecule has 26 heavy (non-hydrogen) atoms. The lowest BCUT2D eigenvalue weighted by Gasteiger charge is -2.12. The van der Waals surface area contributed by atoms with Gasteiger partial charge in [-0.3, -0.25) is 4.79 Å². The van der Waals surface area contributed by atoms with Crippen molar-refractivity contribution < 1.29 is 9.36 Å². The van der Waals surface area contributed by atoms with Gasteiger partial charge in [-0.05, 0) is 56.2 Å². The normalized spacial score (nSPS) is 11.0. The minimum Gasteiger partial charge on any atom is -0.326 e. The van der Waals surface area contributed by atoms with Gasteiger partial charge in [-0.25, -0.2) is 4.57 Å². The second-order valence-electron chi connectivity index (χ2n) is 7.31. The molecule has 0 radical (unpaired) electrons. The summed E-state index contributed by atoms with van der Waals surface area (Å²) in [6.07, 6.45) is 8.01. The molecule has 3 nitrogen and oxygen atoms in total. The molecule has 0 aliphatic rings. The summed E-state index contributed by atoms with van der Waals surface area (Å²) >= 11 is 0. The summed E-state index contributed by atoms with van der Waals surface area (Å²) in [5.74, 6) is 0.741. The largest absolute Gasteiger partial charge is 0.326 e. The van der Waals surface area contributed by atoms with Gasteiger partial charge >= 0.3 is 0 Å². The lowest BCUT2D eigenvalue weighted by Crippen LogP contribution is -2.33. The third-order valence-corrected chi connectivity index (χ3v) is 5.14. The number of nitrogens with one attached hydrogen (secondary N) is 1. The minimum atomic E-state index is 0.0919. The van der Waals surface area contributed by atoms with Crippen molar-refractivity contribution in [3.05, 3.63) is 58.9 Å². The summed E-state index contributed by atoms with van der Waals surface area (Å²) in [5.41, 5.74) is 5.85. The Morgan fingerprint density at radius 1 is 1.04 bits per heavy atom. The van der Waals surface area contributed by atoms with Crippen LogP contribution in [0.1, 0.15) is 67.7 Å². The van der Waals surface area contributed by atoms with Crippen molar-refractivity contribution in [3.63, 3.8) is 0 Å². The monoisotopic (exact) mass is 353 g/mol. The first-order chi connectivity index (χ1) is 12.4. The number of rotatable bonds is 8. The third kappa shape index (κ3) is 5.42. The molecule has 140 valence electrons. The molecule has 0 atom stereocenters. The van der Waals surface area contributed by atoms with E-state index in [-0.39, 0.29) is 5.91 Å². The number of anilines is 1. The average Bonchev–Trinajstić information content (AvgIpc) is 2.60. The molecule has 0 fully saturated rings. The van der Waals surface area contributed by atoms with Crippen LogP contribution >= 0.6 is 0 Å². The maximum absolute atomic E-state index is 12.3. The molecule has 0 saturated carbocycles. The zero-order chi connectivity index (χ0) is 19.1. The van der Waals surface area contributed by atoms with Crippen molar-refractivity contribution in [2.24, 2.45) is 0 Å². The van der Waals surface area contributed by atoms with E-state index in [1.54, 1.807) is 0 Å². The molecule has 1 aromatic heterocycles. The van der Waals surface area contributed by atoms with E-state index < -0.39 is 0 Å². The van der Waals surface area contributed by atoms with Gasteiger partial charge < -0.3 is 5.32 Å². The molecule has 3 heteroatoms. The topological polar surface area (TPSA) is 33.0 Å². The van der Waals surface area contributed by atoms with Crippen molar-refractivity contribution in [2.75, 3.05) is 5.32 Å². The van der Waals surface area contributed by atoms with E-state index in [9.17, 15) is 4.79 Å². The van der Waals surface area contributed by atoms with Crippen LogP contribution in [0.5, 0.6) is 0 Å². The fourth-order valence-corrected chi connectivity index (χ4v) is 3.65. The average molecular weight is 354 g/mol. The second-order valence-corrected chi connectivity index (χ2v) is 7.31. The van der Waals surface area contributed by atoms with Gasteiger partial charge in [0.25, 0.3) is 0 Å². The van der Waals surface area contributed by atoms with E-state index in [0.29, 0.717) is 12.3 Å². The number of aryl methyl sites for hydroxylation is 4. The summed E-state index contributed by atoms with van der Waals surface area (Å²) in [4.78, 5) is 12.3. The molecule has 0 saturated heterocycles. The summed E-state index contributed by atoms with van der Waals surface area (Å²) in [7, 11) is 0. The van der Waals surface area contributed by atoms with Crippen LogP contribution in [0.2, 0.25) is 0 Å². The number of carbonyl (C=O) groups is 1. The highest BCUT2D eigenvalue weighted by molar-refractivity contribution is 5.92. The van der Waals surface area contributed by atoms with E-state index in [0.717, 1.165) is 29.8 Å². The van der Waals surface area contributed by atoms with Crippen molar-refractivity contribution in [1.29, 1.82) is 0 Å². The first kappa shape index (κ1) is 20.2. The van der Waals surface area contributed by atoms with Gasteiger partial charge in [0.05, 0.1) is 0 Å². The highest BCUT2D eigenvalue weighted by atomic mass is 16.1. The van der Waals surface area contributed by atoms with E-state index in [1.165, 1.54) is 24.0 Å². The van der Waals surface area contributed by atoms with Gasteiger partial charge in [0, 0.05) is 30.7 Å². The molecule has 2 rings (SSSR count). The highest BCUT2D eigenvalue weighted by Gasteiger charge is 2.11. The van der Waals surface area contributed by atoms with Crippen LogP contribution in [-0.4, -0.2) is 5.91 Å². The maximum atomic E-state index is 12.3. The summed E-state index contributed by atoms with van der Waals surface area (Å²) in [5, 5.41) is 3.08. The predicted molar refractivity (Wildman–Crippen MR) is 108 cm³/mol. The number of hydrogen-bond acceptors (Lipinski definition) is 1. The van der Waals surface area contributed by atoms with Crippen LogP contribution in [0, 0.1) is 20.8 Å². The lowest BCUT2D eigenvalue weighted by molar-refractivity contribution is -0.697. The molecule has 0 unspecified atom stereocenters. The minimum absolute atomic E-state index is 0.0919. The highest BCUT2D eigenvalue weighted by Crippen LogP contribution is 2.22. The fourth-order valence-electron chi connectivity index (χ4n) is 3.65. The van der Waals surface area contributed by atoms with E-state index in [4.69, 9.17) is 0 Å². The molecule has 0 aliphatic heterocycles. The van der Waals surface area contributed by atoms with Crippen molar-refractivity contribution in [3.8, 4) is 0 Å². The number of pyridine rings is 1. The molecule has 0 aliphatic carbocycles. The van der Waals surface area contributed by atoms with Gasteiger partial charge in [0.1, 0.15) is 6.54 Å². The number of aromatic nitrogens is 1. The molecule has 0 spiro atoms. The Labute approximate surface area is 158 Å². The van der Waals surface area contributed by atoms with Crippen LogP contribution in [0.25, 0.3) is 0 Å². The van der Waals surface area contributed by atoms with Gasteiger partial charge in [0.15, 0.2) is 12.4 Å². The molecule has 1 N–H and O–H groups in total. The number of hydrogen-bond donors (Lipinski definition) is 1. The lowest BCUT2D eigenvalue weighted by atomic mass is 9.95. The van der Waals surface area contributed by atoms with Gasteiger partial charge in [-0.1, -0.05) is 31.5 Å². The number of amides is 1. The van der Waals surface area contributed by atoms with Crippen LogP contribution < -0.4 is 9.88 Å². The zero-order valence-electron chi connectivity index (χ0n) is 16.9. The van der Waals surface area contributed by atoms with E-state index in [1.807, 2.05) is 13.8 Å². The fraction of sp³-hybridized carbons (Fsp3) is 0.478. The maximum Gasteiger partial charge on any atom is 0.224 e. The number of nitrogens with zero attached hydrogens (tertiary/aromatic N) is 1. The second kappa shape index (κ2) is 9.51. The third-order valence-electron chi connectivity index (χ3n) is 5.14. The van der Waals surface area contributed by atoms with Crippen LogP contribution in [0.3, 0.4) is 0 Å². The van der Waals surface area contributed by atoms with Crippen LogP contribution in [0.15, 0.2) is 36.7 Å². The molecular weight excluding hydrogens is 320 g/mol. The Morgan fingerprint density at radius 3 is 2.15 bits per heavy atom. The van der Waals surface area contributed by atoms with E-state index in [2.05, 4.69) is 67.3 Å². The molecule has 0 bridgehead atoms. The van der Waals surface area contributed by atoms with Gasteiger partial charge in [-0.2, -0.15) is 0 Å². The Hall–Kier alpha value is -2.16.